The van der Waals surface area contributed by atoms with Crippen molar-refractivity contribution in [1.29, 1.82) is 0 Å². The molecule has 1 atom stereocenters. The van der Waals surface area contributed by atoms with Crippen molar-refractivity contribution in [3.05, 3.63) is 64.6 Å². The third-order valence-corrected chi connectivity index (χ3v) is 4.86. The van der Waals surface area contributed by atoms with Crippen molar-refractivity contribution < 1.29 is 24.2 Å². The number of hydrogen-bond acceptors (Lipinski definition) is 6. The number of rotatable bonds is 8. The Hall–Kier alpha value is -2.77. The summed E-state index contributed by atoms with van der Waals surface area (Å²) in [5.74, 6) is 0.978. The van der Waals surface area contributed by atoms with Crippen molar-refractivity contribution in [2.24, 2.45) is 0 Å². The minimum atomic E-state index is -0.767. The minimum absolute atomic E-state index is 0.0987. The van der Waals surface area contributed by atoms with Crippen LogP contribution in [0.3, 0.4) is 0 Å². The second kappa shape index (κ2) is 9.43. The van der Waals surface area contributed by atoms with Crippen molar-refractivity contribution in [3.8, 4) is 11.5 Å². The van der Waals surface area contributed by atoms with E-state index in [2.05, 4.69) is 12.2 Å². The predicted molar refractivity (Wildman–Crippen MR) is 108 cm³/mol. The molecule has 1 heterocycles. The van der Waals surface area contributed by atoms with Crippen LogP contribution in [0.5, 0.6) is 11.5 Å². The molecule has 1 fully saturated rings. The Morgan fingerprint density at radius 2 is 1.79 bits per heavy atom. The van der Waals surface area contributed by atoms with E-state index in [0.29, 0.717) is 10.7 Å². The van der Waals surface area contributed by atoms with E-state index in [9.17, 15) is 14.7 Å². The molecule has 0 aliphatic carbocycles. The molecule has 2 N–H and O–H groups in total. The van der Waals surface area contributed by atoms with Crippen molar-refractivity contribution in [3.63, 3.8) is 0 Å². The van der Waals surface area contributed by atoms with Crippen LogP contribution in [0.25, 0.3) is 6.08 Å². The fourth-order valence-electron chi connectivity index (χ4n) is 2.60. The molecule has 3 rings (SSSR count). The maximum atomic E-state index is 11.6. The van der Waals surface area contributed by atoms with Crippen molar-refractivity contribution in [1.82, 2.24) is 5.32 Å². The number of nitrogens with one attached hydrogen (secondary N) is 1. The first-order valence-corrected chi connectivity index (χ1v) is 9.73. The zero-order chi connectivity index (χ0) is 19.9. The van der Waals surface area contributed by atoms with Crippen molar-refractivity contribution in [2.75, 3.05) is 13.2 Å². The zero-order valence-electron chi connectivity index (χ0n) is 15.4. The number of benzene rings is 2. The summed E-state index contributed by atoms with van der Waals surface area (Å²) in [5.41, 5.74) is 1.87. The van der Waals surface area contributed by atoms with E-state index < -0.39 is 6.10 Å². The van der Waals surface area contributed by atoms with Crippen LogP contribution < -0.4 is 14.8 Å². The van der Waals surface area contributed by atoms with E-state index in [1.54, 1.807) is 30.3 Å². The average molecular weight is 399 g/mol. The van der Waals surface area contributed by atoms with Crippen LogP contribution in [0.15, 0.2) is 53.4 Å². The van der Waals surface area contributed by atoms with Gasteiger partial charge in [-0.15, -0.1) is 0 Å². The van der Waals surface area contributed by atoms with Gasteiger partial charge in [-0.05, 0) is 53.6 Å². The quantitative estimate of drug-likeness (QED) is 0.662. The third-order valence-electron chi connectivity index (χ3n) is 4.05. The van der Waals surface area contributed by atoms with E-state index in [-0.39, 0.29) is 24.4 Å². The summed E-state index contributed by atoms with van der Waals surface area (Å²) in [7, 11) is 0. The highest BCUT2D eigenvalue weighted by molar-refractivity contribution is 8.18. The molecule has 1 aliphatic heterocycles. The van der Waals surface area contributed by atoms with Gasteiger partial charge in [0.1, 0.15) is 30.8 Å². The molecule has 2 aromatic rings. The van der Waals surface area contributed by atoms with Crippen LogP contribution in [0.4, 0.5) is 4.79 Å². The number of para-hydroxylation sites is 1. The number of aliphatic hydroxyl groups is 1. The molecule has 2 aromatic carbocycles. The normalized spacial score (nSPS) is 16.1. The van der Waals surface area contributed by atoms with Crippen molar-refractivity contribution >= 4 is 29.0 Å². The third kappa shape index (κ3) is 5.37. The number of thioether (sulfide) groups is 1. The number of ether oxygens (including phenoxy) is 2. The molecule has 28 heavy (non-hydrogen) atoms. The highest BCUT2D eigenvalue weighted by atomic mass is 32.2. The zero-order valence-corrected chi connectivity index (χ0v) is 16.2. The molecule has 0 radical (unpaired) electrons. The number of amides is 2. The highest BCUT2D eigenvalue weighted by Crippen LogP contribution is 2.26. The summed E-state index contributed by atoms with van der Waals surface area (Å²) in [6, 6.07) is 14.8. The number of hydrogen-bond donors (Lipinski definition) is 2. The first-order chi connectivity index (χ1) is 13.5. The molecular weight excluding hydrogens is 378 g/mol. The number of carbonyl (C=O) groups excluding carboxylic acids is 2. The topological polar surface area (TPSA) is 84.9 Å². The van der Waals surface area contributed by atoms with Gasteiger partial charge in [-0.2, -0.15) is 0 Å². The van der Waals surface area contributed by atoms with Gasteiger partial charge >= 0.3 is 0 Å². The lowest BCUT2D eigenvalue weighted by atomic mass is 10.1. The van der Waals surface area contributed by atoms with Crippen LogP contribution in [0, 0.1) is 0 Å². The van der Waals surface area contributed by atoms with Crippen molar-refractivity contribution in [2.45, 2.75) is 19.4 Å². The standard InChI is InChI=1S/C21H21NO5S/c1-2-15-5-3-4-6-18(15)27-13-16(23)12-26-17-9-7-14(8-10-17)11-19-20(24)22-21(25)28-19/h3-11,16,23H,2,12-13H2,1H3,(H,22,24,25)/b19-11+. The van der Waals surface area contributed by atoms with Gasteiger partial charge < -0.3 is 14.6 Å². The molecule has 0 bridgehead atoms. The van der Waals surface area contributed by atoms with E-state index >= 15 is 0 Å². The number of carbonyl (C=O) groups is 2. The first-order valence-electron chi connectivity index (χ1n) is 8.91. The Morgan fingerprint density at radius 1 is 1.07 bits per heavy atom. The van der Waals surface area contributed by atoms with Crippen LogP contribution in [0.2, 0.25) is 0 Å². The largest absolute Gasteiger partial charge is 0.491 e. The van der Waals surface area contributed by atoms with Crippen LogP contribution in [0.1, 0.15) is 18.1 Å². The van der Waals surface area contributed by atoms with Gasteiger partial charge in [-0.1, -0.05) is 37.3 Å². The molecule has 1 saturated heterocycles. The molecule has 7 heteroatoms. The Labute approximate surface area is 167 Å². The summed E-state index contributed by atoms with van der Waals surface area (Å²) < 4.78 is 11.3. The van der Waals surface area contributed by atoms with E-state index in [0.717, 1.165) is 35.1 Å². The molecule has 146 valence electrons. The number of imide groups is 1. The lowest BCUT2D eigenvalue weighted by molar-refractivity contribution is -0.115. The lowest BCUT2D eigenvalue weighted by Crippen LogP contribution is -2.25. The van der Waals surface area contributed by atoms with Crippen LogP contribution >= 0.6 is 11.8 Å². The Kier molecular flexibility index (Phi) is 6.73. The van der Waals surface area contributed by atoms with E-state index in [4.69, 9.17) is 9.47 Å². The van der Waals surface area contributed by atoms with Gasteiger partial charge in [0, 0.05) is 0 Å². The maximum absolute atomic E-state index is 11.6. The SMILES string of the molecule is CCc1ccccc1OCC(O)COc1ccc(/C=C2/SC(=O)NC2=O)cc1. The molecule has 6 nitrogen and oxygen atoms in total. The molecule has 1 aliphatic rings. The monoisotopic (exact) mass is 399 g/mol. The molecule has 0 aromatic heterocycles. The summed E-state index contributed by atoms with van der Waals surface area (Å²) in [5, 5.41) is 11.9. The predicted octanol–water partition coefficient (Wildman–Crippen LogP) is 3.39. The Morgan fingerprint density at radius 3 is 2.46 bits per heavy atom. The fourth-order valence-corrected chi connectivity index (χ4v) is 3.28. The minimum Gasteiger partial charge on any atom is -0.491 e. The second-order valence-electron chi connectivity index (χ2n) is 6.16. The number of aryl methyl sites for hydroxylation is 1. The maximum Gasteiger partial charge on any atom is 0.290 e. The first kappa shape index (κ1) is 20.0. The Balaban J connectivity index is 1.48. The summed E-state index contributed by atoms with van der Waals surface area (Å²) in [4.78, 5) is 23.1. The van der Waals surface area contributed by atoms with Gasteiger partial charge in [0.15, 0.2) is 0 Å². The average Bonchev–Trinajstić information content (AvgIpc) is 3.02. The fraction of sp³-hybridized carbons (Fsp3) is 0.238. The lowest BCUT2D eigenvalue weighted by Gasteiger charge is -2.15. The van der Waals surface area contributed by atoms with Gasteiger partial charge in [-0.3, -0.25) is 14.9 Å². The molecular formula is C21H21NO5S. The molecule has 2 amide bonds. The Bertz CT molecular complexity index is 879. The van der Waals surface area contributed by atoms with Gasteiger partial charge in [0.25, 0.3) is 11.1 Å². The summed E-state index contributed by atoms with van der Waals surface area (Å²) in [6.07, 6.45) is 1.73. The van der Waals surface area contributed by atoms with Gasteiger partial charge in [0.05, 0.1) is 4.91 Å². The van der Waals surface area contributed by atoms with Gasteiger partial charge in [-0.25, -0.2) is 0 Å². The van der Waals surface area contributed by atoms with E-state index in [1.807, 2.05) is 24.3 Å². The van der Waals surface area contributed by atoms with Gasteiger partial charge in [0.2, 0.25) is 0 Å². The molecule has 1 unspecified atom stereocenters. The second-order valence-corrected chi connectivity index (χ2v) is 7.17. The summed E-state index contributed by atoms with van der Waals surface area (Å²) in [6.45, 7) is 2.29. The van der Waals surface area contributed by atoms with Crippen LogP contribution in [-0.4, -0.2) is 35.6 Å². The van der Waals surface area contributed by atoms with E-state index in [1.165, 1.54) is 0 Å². The number of aliphatic hydroxyl groups excluding tert-OH is 1. The molecule has 0 spiro atoms. The van der Waals surface area contributed by atoms with Crippen LogP contribution in [-0.2, 0) is 11.2 Å². The molecule has 0 saturated carbocycles. The smallest absolute Gasteiger partial charge is 0.290 e. The highest BCUT2D eigenvalue weighted by Gasteiger charge is 2.24. The summed E-state index contributed by atoms with van der Waals surface area (Å²) >= 11 is 0.876.